The molecule has 2 heterocycles. The zero-order valence-corrected chi connectivity index (χ0v) is 15.7. The molecule has 1 aromatic heterocycles. The first-order chi connectivity index (χ1) is 12.4. The van der Waals surface area contributed by atoms with Crippen LogP contribution in [0.1, 0.15) is 38.1 Å². The molecule has 0 bridgehead atoms. The van der Waals surface area contributed by atoms with E-state index in [2.05, 4.69) is 29.5 Å². The summed E-state index contributed by atoms with van der Waals surface area (Å²) in [6.45, 7) is 8.15. The van der Waals surface area contributed by atoms with Gasteiger partial charge >= 0.3 is 0 Å². The standard InChI is InChI=1S/C20H26N4O2/c1-12(2)18-10-9-17(20(26)23-18)19(25)22-15-5-7-16(8-6-15)24-11-21-13(3)14(24)4/h5-8,11-12,17-18H,9-10H2,1-4H3,(H,22,25)(H,23,26). The molecule has 2 N–H and O–H groups in total. The number of imidazole rings is 1. The van der Waals surface area contributed by atoms with Crippen LogP contribution in [0.3, 0.4) is 0 Å². The highest BCUT2D eigenvalue weighted by atomic mass is 16.2. The maximum Gasteiger partial charge on any atom is 0.236 e. The minimum atomic E-state index is -0.622. The number of aromatic nitrogens is 2. The molecule has 0 aliphatic carbocycles. The van der Waals surface area contributed by atoms with Crippen molar-refractivity contribution in [2.24, 2.45) is 11.8 Å². The Balaban J connectivity index is 1.65. The lowest BCUT2D eigenvalue weighted by Crippen LogP contribution is -2.49. The van der Waals surface area contributed by atoms with Crippen LogP contribution in [0.2, 0.25) is 0 Å². The molecule has 0 spiro atoms. The molecule has 1 aromatic carbocycles. The van der Waals surface area contributed by atoms with E-state index < -0.39 is 5.92 Å². The van der Waals surface area contributed by atoms with Gasteiger partial charge in [0.05, 0.1) is 12.0 Å². The van der Waals surface area contributed by atoms with Crippen LogP contribution in [-0.2, 0) is 9.59 Å². The molecule has 1 saturated heterocycles. The lowest BCUT2D eigenvalue weighted by atomic mass is 9.88. The number of hydrogen-bond acceptors (Lipinski definition) is 3. The van der Waals surface area contributed by atoms with Crippen molar-refractivity contribution in [2.45, 2.75) is 46.6 Å². The Bertz CT molecular complexity index is 808. The van der Waals surface area contributed by atoms with Crippen LogP contribution in [0.5, 0.6) is 0 Å². The third kappa shape index (κ3) is 3.64. The molecule has 26 heavy (non-hydrogen) atoms. The van der Waals surface area contributed by atoms with Crippen LogP contribution in [0.4, 0.5) is 5.69 Å². The minimum absolute atomic E-state index is 0.160. The van der Waals surface area contributed by atoms with Gasteiger partial charge in [-0.3, -0.25) is 9.59 Å². The summed E-state index contributed by atoms with van der Waals surface area (Å²) in [5.74, 6) is -0.658. The molecule has 2 atom stereocenters. The number of carbonyl (C=O) groups is 2. The third-order valence-electron chi connectivity index (χ3n) is 5.20. The molecule has 1 fully saturated rings. The Hall–Kier alpha value is -2.63. The molecule has 2 unspecified atom stereocenters. The van der Waals surface area contributed by atoms with Crippen molar-refractivity contribution in [3.63, 3.8) is 0 Å². The summed E-state index contributed by atoms with van der Waals surface area (Å²) in [5, 5.41) is 5.82. The van der Waals surface area contributed by atoms with Gasteiger partial charge in [-0.25, -0.2) is 4.98 Å². The number of nitrogens with zero attached hydrogens (tertiary/aromatic N) is 2. The molecule has 3 rings (SSSR count). The van der Waals surface area contributed by atoms with Crippen molar-refractivity contribution in [1.82, 2.24) is 14.9 Å². The molecule has 0 radical (unpaired) electrons. The molecule has 138 valence electrons. The van der Waals surface area contributed by atoms with Crippen LogP contribution in [0.15, 0.2) is 30.6 Å². The topological polar surface area (TPSA) is 76.0 Å². The van der Waals surface area contributed by atoms with Crippen molar-refractivity contribution in [3.05, 3.63) is 42.0 Å². The van der Waals surface area contributed by atoms with Gasteiger partial charge in [0, 0.05) is 23.1 Å². The van der Waals surface area contributed by atoms with Gasteiger partial charge in [-0.2, -0.15) is 0 Å². The lowest BCUT2D eigenvalue weighted by Gasteiger charge is -2.30. The zero-order valence-electron chi connectivity index (χ0n) is 15.7. The van der Waals surface area contributed by atoms with E-state index in [4.69, 9.17) is 0 Å². The predicted octanol–water partition coefficient (Wildman–Crippen LogP) is 2.98. The summed E-state index contributed by atoms with van der Waals surface area (Å²) >= 11 is 0. The maximum atomic E-state index is 12.5. The van der Waals surface area contributed by atoms with Gasteiger partial charge in [0.25, 0.3) is 0 Å². The van der Waals surface area contributed by atoms with E-state index in [-0.39, 0.29) is 17.9 Å². The van der Waals surface area contributed by atoms with Crippen molar-refractivity contribution < 1.29 is 9.59 Å². The molecule has 0 saturated carbocycles. The van der Waals surface area contributed by atoms with E-state index in [1.165, 1.54) is 0 Å². The van der Waals surface area contributed by atoms with Crippen LogP contribution in [0.25, 0.3) is 5.69 Å². The van der Waals surface area contributed by atoms with Gasteiger partial charge < -0.3 is 15.2 Å². The van der Waals surface area contributed by atoms with Crippen LogP contribution >= 0.6 is 0 Å². The molecule has 1 aliphatic heterocycles. The summed E-state index contributed by atoms with van der Waals surface area (Å²) in [5.41, 5.74) is 3.74. The molecule has 6 heteroatoms. The van der Waals surface area contributed by atoms with Crippen LogP contribution < -0.4 is 10.6 Å². The highest BCUT2D eigenvalue weighted by molar-refractivity contribution is 6.06. The number of aryl methyl sites for hydroxylation is 1. The summed E-state index contributed by atoms with van der Waals surface area (Å²) < 4.78 is 2.00. The number of benzene rings is 1. The fourth-order valence-electron chi connectivity index (χ4n) is 3.28. The van der Waals surface area contributed by atoms with Gasteiger partial charge in [0.15, 0.2) is 0 Å². The number of piperidine rings is 1. The predicted molar refractivity (Wildman–Crippen MR) is 101 cm³/mol. The molecule has 2 amide bonds. The van der Waals surface area contributed by atoms with E-state index in [9.17, 15) is 9.59 Å². The molecule has 6 nitrogen and oxygen atoms in total. The van der Waals surface area contributed by atoms with Crippen molar-refractivity contribution >= 4 is 17.5 Å². The number of carbonyl (C=O) groups excluding carboxylic acids is 2. The number of nitrogens with one attached hydrogen (secondary N) is 2. The van der Waals surface area contributed by atoms with Crippen molar-refractivity contribution in [2.75, 3.05) is 5.32 Å². The SMILES string of the molecule is Cc1ncn(-c2ccc(NC(=O)C3CCC(C(C)C)NC3=O)cc2)c1C. The second-order valence-corrected chi connectivity index (χ2v) is 7.31. The normalized spacial score (nSPS) is 20.1. The number of hydrogen-bond donors (Lipinski definition) is 2. The molecular weight excluding hydrogens is 328 g/mol. The average Bonchev–Trinajstić information content (AvgIpc) is 2.94. The first-order valence-electron chi connectivity index (χ1n) is 9.09. The van der Waals surface area contributed by atoms with Crippen LogP contribution in [0, 0.1) is 25.7 Å². The van der Waals surface area contributed by atoms with Gasteiger partial charge in [0.2, 0.25) is 11.8 Å². The third-order valence-corrected chi connectivity index (χ3v) is 5.20. The Kier molecular flexibility index (Phi) is 5.11. The first kappa shape index (κ1) is 18.2. The maximum absolute atomic E-state index is 12.5. The fourth-order valence-corrected chi connectivity index (χ4v) is 3.28. The highest BCUT2D eigenvalue weighted by Gasteiger charge is 2.34. The number of anilines is 1. The Morgan fingerprint density at radius 3 is 2.46 bits per heavy atom. The fraction of sp³-hybridized carbons (Fsp3) is 0.450. The Morgan fingerprint density at radius 2 is 1.92 bits per heavy atom. The average molecular weight is 354 g/mol. The van der Waals surface area contributed by atoms with Gasteiger partial charge in [-0.15, -0.1) is 0 Å². The number of rotatable bonds is 4. The summed E-state index contributed by atoms with van der Waals surface area (Å²) in [4.78, 5) is 29.0. The van der Waals surface area contributed by atoms with Crippen LogP contribution in [-0.4, -0.2) is 27.4 Å². The second kappa shape index (κ2) is 7.32. The van der Waals surface area contributed by atoms with Crippen molar-refractivity contribution in [1.29, 1.82) is 0 Å². The summed E-state index contributed by atoms with van der Waals surface area (Å²) in [7, 11) is 0. The molecule has 1 aliphatic rings. The number of amides is 2. The Labute approximate surface area is 154 Å². The Morgan fingerprint density at radius 1 is 1.23 bits per heavy atom. The largest absolute Gasteiger partial charge is 0.352 e. The van der Waals surface area contributed by atoms with E-state index in [1.807, 2.05) is 42.7 Å². The van der Waals surface area contributed by atoms with Gasteiger partial charge in [0.1, 0.15) is 5.92 Å². The highest BCUT2D eigenvalue weighted by Crippen LogP contribution is 2.22. The lowest BCUT2D eigenvalue weighted by molar-refractivity contribution is -0.135. The first-order valence-corrected chi connectivity index (χ1v) is 9.09. The van der Waals surface area contributed by atoms with E-state index >= 15 is 0 Å². The summed E-state index contributed by atoms with van der Waals surface area (Å²) in [6, 6.07) is 7.71. The molecular formula is C20H26N4O2. The zero-order chi connectivity index (χ0) is 18.8. The minimum Gasteiger partial charge on any atom is -0.352 e. The van der Waals surface area contributed by atoms with E-state index in [0.29, 0.717) is 18.0 Å². The molecule has 2 aromatic rings. The van der Waals surface area contributed by atoms with Crippen molar-refractivity contribution in [3.8, 4) is 5.69 Å². The van der Waals surface area contributed by atoms with Gasteiger partial charge in [-0.1, -0.05) is 13.8 Å². The van der Waals surface area contributed by atoms with E-state index in [0.717, 1.165) is 23.5 Å². The second-order valence-electron chi connectivity index (χ2n) is 7.31. The quantitative estimate of drug-likeness (QED) is 0.829. The van der Waals surface area contributed by atoms with Gasteiger partial charge in [-0.05, 0) is 56.9 Å². The smallest absolute Gasteiger partial charge is 0.236 e. The summed E-state index contributed by atoms with van der Waals surface area (Å²) in [6.07, 6.45) is 3.21. The monoisotopic (exact) mass is 354 g/mol. The van der Waals surface area contributed by atoms with E-state index in [1.54, 1.807) is 6.33 Å².